The summed E-state index contributed by atoms with van der Waals surface area (Å²) < 4.78 is 18.6. The molecule has 0 aliphatic carbocycles. The average molecular weight is 437 g/mol. The zero-order valence-corrected chi connectivity index (χ0v) is 21.4. The van der Waals surface area contributed by atoms with Gasteiger partial charge in [-0.15, -0.1) is 0 Å². The molecule has 30 heavy (non-hydrogen) atoms. The number of rotatable bonds is 15. The fourth-order valence-electron chi connectivity index (χ4n) is 4.22. The van der Waals surface area contributed by atoms with Gasteiger partial charge in [-0.25, -0.2) is 0 Å². The smallest absolute Gasteiger partial charge is 0.192 e. The highest BCUT2D eigenvalue weighted by atomic mass is 28.4. The molecule has 1 rings (SSSR count). The minimum Gasteiger partial charge on any atom is -0.497 e. The molecule has 0 aromatic heterocycles. The summed E-state index contributed by atoms with van der Waals surface area (Å²) in [5.74, 6) is 1.20. The third-order valence-electron chi connectivity index (χ3n) is 6.89. The summed E-state index contributed by atoms with van der Waals surface area (Å²) in [4.78, 5) is 11.7. The largest absolute Gasteiger partial charge is 0.497 e. The fraction of sp³-hybridized carbons (Fsp3) is 0.720. The Morgan fingerprint density at radius 2 is 1.50 bits per heavy atom. The van der Waals surface area contributed by atoms with E-state index in [1.54, 1.807) is 7.11 Å². The summed E-state index contributed by atoms with van der Waals surface area (Å²) in [7, 11) is -0.105. The van der Waals surface area contributed by atoms with Crippen molar-refractivity contribution in [3.8, 4) is 5.75 Å². The molecule has 4 nitrogen and oxygen atoms in total. The predicted octanol–water partition coefficient (Wildman–Crippen LogP) is 6.49. The van der Waals surface area contributed by atoms with Gasteiger partial charge in [0.1, 0.15) is 12.0 Å². The van der Waals surface area contributed by atoms with Crippen molar-refractivity contribution in [2.24, 2.45) is 17.8 Å². The third kappa shape index (κ3) is 7.21. The molecule has 1 aromatic rings. The van der Waals surface area contributed by atoms with Crippen LogP contribution in [-0.4, -0.2) is 33.9 Å². The van der Waals surface area contributed by atoms with E-state index < -0.39 is 8.32 Å². The molecular weight excluding hydrogens is 392 g/mol. The molecule has 0 fully saturated rings. The van der Waals surface area contributed by atoms with E-state index in [9.17, 15) is 4.79 Å². The SMILES string of the molecule is CC[C@H](C)[C@@H](O[Si](CC)(CC)CC)[C@H](C)[C@@H](OCc1ccc(OC)cc1)[C@H](C)C=O. The van der Waals surface area contributed by atoms with Crippen molar-refractivity contribution in [1.29, 1.82) is 0 Å². The van der Waals surface area contributed by atoms with Gasteiger partial charge < -0.3 is 18.7 Å². The number of ether oxygens (including phenoxy) is 2. The molecule has 0 radical (unpaired) electrons. The molecule has 0 N–H and O–H groups in total. The van der Waals surface area contributed by atoms with Crippen molar-refractivity contribution < 1.29 is 18.7 Å². The molecule has 0 aliphatic heterocycles. The molecular formula is C25H44O4Si. The van der Waals surface area contributed by atoms with Crippen molar-refractivity contribution in [3.63, 3.8) is 0 Å². The Labute approximate surface area is 185 Å². The van der Waals surface area contributed by atoms with Crippen LogP contribution < -0.4 is 4.74 Å². The van der Waals surface area contributed by atoms with E-state index in [4.69, 9.17) is 13.9 Å². The highest BCUT2D eigenvalue weighted by Crippen LogP contribution is 2.33. The highest BCUT2D eigenvalue weighted by Gasteiger charge is 2.39. The lowest BCUT2D eigenvalue weighted by Crippen LogP contribution is -2.48. The van der Waals surface area contributed by atoms with E-state index in [0.717, 1.165) is 42.2 Å². The normalized spacial score (nSPS) is 17.1. The first-order valence-corrected chi connectivity index (χ1v) is 14.2. The van der Waals surface area contributed by atoms with E-state index in [2.05, 4.69) is 41.5 Å². The minimum absolute atomic E-state index is 0.102. The molecule has 0 aliphatic rings. The number of aldehydes is 1. The van der Waals surface area contributed by atoms with Gasteiger partial charge in [-0.2, -0.15) is 0 Å². The van der Waals surface area contributed by atoms with E-state index >= 15 is 0 Å². The van der Waals surface area contributed by atoms with Gasteiger partial charge in [-0.05, 0) is 41.7 Å². The maximum atomic E-state index is 11.7. The van der Waals surface area contributed by atoms with Crippen molar-refractivity contribution >= 4 is 14.6 Å². The molecule has 0 amide bonds. The Hall–Kier alpha value is -1.17. The maximum absolute atomic E-state index is 11.7. The standard InChI is InChI=1S/C25H44O4Si/c1-9-19(5)25(29-30(10-2,11-3)12-4)21(7)24(20(6)17-26)28-18-22-13-15-23(27-8)16-14-22/h13-17,19-21,24-25H,9-12,18H2,1-8H3/t19-,20+,21+,24-,25+/m0/s1. The Morgan fingerprint density at radius 3 is 1.93 bits per heavy atom. The number of carbonyl (C=O) groups excluding carboxylic acids is 1. The lowest BCUT2D eigenvalue weighted by Gasteiger charge is -2.42. The molecule has 5 heteroatoms. The predicted molar refractivity (Wildman–Crippen MR) is 127 cm³/mol. The Morgan fingerprint density at radius 1 is 0.933 bits per heavy atom. The summed E-state index contributed by atoms with van der Waals surface area (Å²) in [5, 5.41) is 0. The minimum atomic E-state index is -1.77. The lowest BCUT2D eigenvalue weighted by atomic mass is 9.83. The molecule has 0 saturated carbocycles. The first kappa shape index (κ1) is 26.9. The van der Waals surface area contributed by atoms with Gasteiger partial charge in [-0.3, -0.25) is 0 Å². The monoisotopic (exact) mass is 436 g/mol. The van der Waals surface area contributed by atoms with Crippen LogP contribution in [0.4, 0.5) is 0 Å². The summed E-state index contributed by atoms with van der Waals surface area (Å²) in [5.41, 5.74) is 1.08. The average Bonchev–Trinajstić information content (AvgIpc) is 2.80. The van der Waals surface area contributed by atoms with Gasteiger partial charge >= 0.3 is 0 Å². The summed E-state index contributed by atoms with van der Waals surface area (Å²) in [6.07, 6.45) is 2.00. The third-order valence-corrected chi connectivity index (χ3v) is 11.5. The number of methoxy groups -OCH3 is 1. The van der Waals surface area contributed by atoms with Crippen LogP contribution in [0.2, 0.25) is 18.1 Å². The summed E-state index contributed by atoms with van der Waals surface area (Å²) >= 11 is 0. The zero-order valence-electron chi connectivity index (χ0n) is 20.4. The van der Waals surface area contributed by atoms with Gasteiger partial charge in [0.05, 0.1) is 25.9 Å². The molecule has 0 unspecified atom stereocenters. The molecule has 172 valence electrons. The molecule has 0 saturated heterocycles. The van der Waals surface area contributed by atoms with Crippen molar-refractivity contribution in [3.05, 3.63) is 29.8 Å². The molecule has 5 atom stereocenters. The second kappa shape index (κ2) is 13.3. The molecule has 1 aromatic carbocycles. The van der Waals surface area contributed by atoms with Crippen LogP contribution in [0.1, 0.15) is 60.5 Å². The Bertz CT molecular complexity index is 591. The van der Waals surface area contributed by atoms with Crippen molar-refractivity contribution in [2.45, 2.75) is 91.8 Å². The van der Waals surface area contributed by atoms with E-state index in [1.165, 1.54) is 0 Å². The van der Waals surface area contributed by atoms with Crippen LogP contribution in [-0.2, 0) is 20.6 Å². The van der Waals surface area contributed by atoms with E-state index in [-0.39, 0.29) is 24.0 Å². The molecule has 0 bridgehead atoms. The van der Waals surface area contributed by atoms with Gasteiger partial charge in [0.25, 0.3) is 0 Å². The Kier molecular flexibility index (Phi) is 11.9. The van der Waals surface area contributed by atoms with E-state index in [1.807, 2.05) is 31.2 Å². The van der Waals surface area contributed by atoms with E-state index in [0.29, 0.717) is 12.5 Å². The van der Waals surface area contributed by atoms with Gasteiger partial charge in [-0.1, -0.05) is 67.0 Å². The van der Waals surface area contributed by atoms with Gasteiger partial charge in [0.15, 0.2) is 8.32 Å². The maximum Gasteiger partial charge on any atom is 0.192 e. The van der Waals surface area contributed by atoms with Gasteiger partial charge in [0, 0.05) is 11.8 Å². The first-order chi connectivity index (χ1) is 14.3. The first-order valence-electron chi connectivity index (χ1n) is 11.7. The van der Waals surface area contributed by atoms with Crippen LogP contribution in [0.15, 0.2) is 24.3 Å². The topological polar surface area (TPSA) is 44.8 Å². The number of benzene rings is 1. The molecule has 0 spiro atoms. The van der Waals surface area contributed by atoms with Crippen LogP contribution in [0.25, 0.3) is 0 Å². The van der Waals surface area contributed by atoms with Crippen LogP contribution in [0, 0.1) is 17.8 Å². The van der Waals surface area contributed by atoms with Crippen LogP contribution in [0.5, 0.6) is 5.75 Å². The van der Waals surface area contributed by atoms with Crippen LogP contribution in [0.3, 0.4) is 0 Å². The van der Waals surface area contributed by atoms with Crippen LogP contribution >= 0.6 is 0 Å². The second-order valence-corrected chi connectivity index (χ2v) is 13.4. The number of carbonyl (C=O) groups is 1. The number of hydrogen-bond donors (Lipinski definition) is 0. The summed E-state index contributed by atoms with van der Waals surface area (Å²) in [6.45, 7) is 15.9. The summed E-state index contributed by atoms with van der Waals surface area (Å²) in [6, 6.07) is 11.3. The number of hydrogen-bond acceptors (Lipinski definition) is 4. The zero-order chi connectivity index (χ0) is 22.7. The quantitative estimate of drug-likeness (QED) is 0.233. The highest BCUT2D eigenvalue weighted by molar-refractivity contribution is 6.73. The fourth-order valence-corrected chi connectivity index (χ4v) is 7.25. The van der Waals surface area contributed by atoms with Crippen molar-refractivity contribution in [2.75, 3.05) is 7.11 Å². The Balaban J connectivity index is 3.07. The lowest BCUT2D eigenvalue weighted by molar-refractivity contribution is -0.121. The second-order valence-electron chi connectivity index (χ2n) is 8.69. The van der Waals surface area contributed by atoms with Gasteiger partial charge in [0.2, 0.25) is 0 Å². The molecule has 0 heterocycles. The van der Waals surface area contributed by atoms with Crippen molar-refractivity contribution in [1.82, 2.24) is 0 Å².